The molecule has 2 aliphatic rings. The molecule has 3 aromatic rings. The molecular weight excluding hydrogens is 498 g/mol. The predicted molar refractivity (Wildman–Crippen MR) is 148 cm³/mol. The number of aromatic nitrogens is 3. The van der Waals surface area contributed by atoms with Gasteiger partial charge < -0.3 is 28.8 Å². The lowest BCUT2D eigenvalue weighted by atomic mass is 10.0. The molecule has 1 unspecified atom stereocenters. The van der Waals surface area contributed by atoms with Gasteiger partial charge in [-0.1, -0.05) is 0 Å². The Labute approximate surface area is 229 Å². The summed E-state index contributed by atoms with van der Waals surface area (Å²) in [6.07, 6.45) is 7.92. The van der Waals surface area contributed by atoms with Crippen molar-refractivity contribution < 1.29 is 24.2 Å². The van der Waals surface area contributed by atoms with E-state index in [1.807, 2.05) is 57.8 Å². The number of piperidine rings is 1. The SMILES string of the molecule is Cc1c(C(=O)O)cc2c(-c3ccnn3C3CCCCO3)ccn2c1N(C)C1CCN(C(=O)OC(C)(C)C)CC1. The number of ether oxygens (including phenoxy) is 2. The molecule has 3 aromatic heterocycles. The first-order valence-corrected chi connectivity index (χ1v) is 13.8. The maximum atomic E-state index is 12.6. The summed E-state index contributed by atoms with van der Waals surface area (Å²) < 4.78 is 15.6. The molecule has 1 N–H and O–H groups in total. The number of fused-ring (bicyclic) bond motifs is 1. The van der Waals surface area contributed by atoms with Crippen molar-refractivity contribution in [2.75, 3.05) is 31.6 Å². The molecule has 1 atom stereocenters. The fourth-order valence-corrected chi connectivity index (χ4v) is 5.80. The van der Waals surface area contributed by atoms with E-state index < -0.39 is 11.6 Å². The highest BCUT2D eigenvalue weighted by Crippen LogP contribution is 2.36. The highest BCUT2D eigenvalue weighted by Gasteiger charge is 2.31. The lowest BCUT2D eigenvalue weighted by molar-refractivity contribution is -0.0383. The van der Waals surface area contributed by atoms with E-state index in [0.29, 0.717) is 25.3 Å². The number of amides is 1. The van der Waals surface area contributed by atoms with Crippen molar-refractivity contribution in [3.63, 3.8) is 0 Å². The topological polar surface area (TPSA) is 102 Å². The number of pyridine rings is 1. The summed E-state index contributed by atoms with van der Waals surface area (Å²) in [7, 11) is 2.01. The van der Waals surface area contributed by atoms with E-state index >= 15 is 0 Å². The largest absolute Gasteiger partial charge is 0.478 e. The molecule has 2 fully saturated rings. The molecule has 2 saturated heterocycles. The summed E-state index contributed by atoms with van der Waals surface area (Å²) in [5.41, 5.74) is 3.08. The molecule has 0 radical (unpaired) electrons. The quantitative estimate of drug-likeness (QED) is 0.468. The molecule has 0 aromatic carbocycles. The minimum absolute atomic E-state index is 0.125. The third kappa shape index (κ3) is 5.34. The fourth-order valence-electron chi connectivity index (χ4n) is 5.80. The van der Waals surface area contributed by atoms with E-state index in [4.69, 9.17) is 9.47 Å². The molecule has 39 heavy (non-hydrogen) atoms. The second-order valence-electron chi connectivity index (χ2n) is 11.6. The van der Waals surface area contributed by atoms with Crippen molar-refractivity contribution >= 4 is 23.4 Å². The van der Waals surface area contributed by atoms with E-state index in [9.17, 15) is 14.7 Å². The molecule has 210 valence electrons. The highest BCUT2D eigenvalue weighted by atomic mass is 16.6. The van der Waals surface area contributed by atoms with Gasteiger partial charge in [-0.2, -0.15) is 5.10 Å². The third-order valence-corrected chi connectivity index (χ3v) is 7.78. The molecule has 10 nitrogen and oxygen atoms in total. The molecule has 0 spiro atoms. The van der Waals surface area contributed by atoms with Crippen LogP contribution in [-0.2, 0) is 9.47 Å². The van der Waals surface area contributed by atoms with Crippen LogP contribution in [0, 0.1) is 6.92 Å². The molecule has 0 aliphatic carbocycles. The molecule has 5 rings (SSSR count). The lowest BCUT2D eigenvalue weighted by Gasteiger charge is -2.39. The van der Waals surface area contributed by atoms with E-state index in [1.165, 1.54) is 0 Å². The average Bonchev–Trinajstić information content (AvgIpc) is 3.54. The van der Waals surface area contributed by atoms with Crippen LogP contribution in [0.5, 0.6) is 0 Å². The van der Waals surface area contributed by atoms with Crippen LogP contribution in [-0.4, -0.2) is 74.6 Å². The maximum absolute atomic E-state index is 12.6. The molecule has 0 saturated carbocycles. The van der Waals surface area contributed by atoms with Gasteiger partial charge in [0.2, 0.25) is 0 Å². The van der Waals surface area contributed by atoms with Gasteiger partial charge in [-0.3, -0.25) is 0 Å². The number of rotatable bonds is 5. The van der Waals surface area contributed by atoms with Crippen molar-refractivity contribution in [2.24, 2.45) is 0 Å². The van der Waals surface area contributed by atoms with Crippen LogP contribution in [0.15, 0.2) is 30.6 Å². The zero-order valence-electron chi connectivity index (χ0n) is 23.5. The monoisotopic (exact) mass is 537 g/mol. The van der Waals surface area contributed by atoms with Crippen molar-refractivity contribution in [1.82, 2.24) is 19.1 Å². The summed E-state index contributed by atoms with van der Waals surface area (Å²) in [6, 6.07) is 5.89. The van der Waals surface area contributed by atoms with Crippen LogP contribution in [0.4, 0.5) is 10.6 Å². The maximum Gasteiger partial charge on any atom is 0.410 e. The van der Waals surface area contributed by atoms with Gasteiger partial charge in [0, 0.05) is 56.3 Å². The number of carbonyl (C=O) groups excluding carboxylic acids is 1. The smallest absolute Gasteiger partial charge is 0.410 e. The van der Waals surface area contributed by atoms with Crippen molar-refractivity contribution in [3.8, 4) is 11.3 Å². The van der Waals surface area contributed by atoms with Gasteiger partial charge in [-0.05, 0) is 78.0 Å². The number of anilines is 1. The van der Waals surface area contributed by atoms with Crippen molar-refractivity contribution in [3.05, 3.63) is 41.7 Å². The zero-order chi connectivity index (χ0) is 27.9. The van der Waals surface area contributed by atoms with Crippen LogP contribution >= 0.6 is 0 Å². The summed E-state index contributed by atoms with van der Waals surface area (Å²) >= 11 is 0. The minimum atomic E-state index is -0.958. The summed E-state index contributed by atoms with van der Waals surface area (Å²) in [6.45, 7) is 9.36. The molecule has 1 amide bonds. The molecule has 10 heteroatoms. The normalized spacial score (nSPS) is 18.9. The second-order valence-corrected chi connectivity index (χ2v) is 11.6. The first-order chi connectivity index (χ1) is 18.5. The number of carboxylic acid groups (broad SMARTS) is 1. The van der Waals surface area contributed by atoms with Crippen LogP contribution in [0.2, 0.25) is 0 Å². The Morgan fingerprint density at radius 1 is 1.15 bits per heavy atom. The number of hydrogen-bond donors (Lipinski definition) is 1. The van der Waals surface area contributed by atoms with E-state index in [1.54, 1.807) is 17.2 Å². The minimum Gasteiger partial charge on any atom is -0.478 e. The Kier molecular flexibility index (Phi) is 7.33. The molecule has 0 bridgehead atoms. The Hall–Kier alpha value is -3.53. The Morgan fingerprint density at radius 2 is 1.90 bits per heavy atom. The fraction of sp³-hybridized carbons (Fsp3) is 0.552. The van der Waals surface area contributed by atoms with Gasteiger partial charge in [0.05, 0.1) is 16.8 Å². The lowest BCUT2D eigenvalue weighted by Crippen LogP contribution is -2.47. The molecular formula is C29H39N5O5. The van der Waals surface area contributed by atoms with Crippen LogP contribution < -0.4 is 4.90 Å². The number of carbonyl (C=O) groups is 2. The third-order valence-electron chi connectivity index (χ3n) is 7.78. The van der Waals surface area contributed by atoms with E-state index in [2.05, 4.69) is 14.4 Å². The summed E-state index contributed by atoms with van der Waals surface area (Å²) in [5.74, 6) is -0.118. The molecule has 2 aliphatic heterocycles. The second kappa shape index (κ2) is 10.6. The Bertz CT molecular complexity index is 1360. The summed E-state index contributed by atoms with van der Waals surface area (Å²) in [5, 5.41) is 14.7. The van der Waals surface area contributed by atoms with Gasteiger partial charge in [0.15, 0.2) is 6.23 Å². The van der Waals surface area contributed by atoms with Gasteiger partial charge in [0.1, 0.15) is 11.4 Å². The Morgan fingerprint density at radius 3 is 2.54 bits per heavy atom. The number of hydrogen-bond acceptors (Lipinski definition) is 6. The number of aromatic carboxylic acids is 1. The van der Waals surface area contributed by atoms with Gasteiger partial charge >= 0.3 is 12.1 Å². The van der Waals surface area contributed by atoms with Gasteiger partial charge in [-0.25, -0.2) is 14.3 Å². The van der Waals surface area contributed by atoms with Crippen LogP contribution in [0.3, 0.4) is 0 Å². The van der Waals surface area contributed by atoms with Crippen LogP contribution in [0.25, 0.3) is 16.8 Å². The van der Waals surface area contributed by atoms with Gasteiger partial charge in [-0.15, -0.1) is 0 Å². The predicted octanol–water partition coefficient (Wildman–Crippen LogP) is 5.34. The summed E-state index contributed by atoms with van der Waals surface area (Å²) in [4.78, 5) is 28.9. The Balaban J connectivity index is 1.48. The van der Waals surface area contributed by atoms with Crippen molar-refractivity contribution in [1.29, 1.82) is 0 Å². The standard InChI is InChI=1S/C29H39N5O5/c1-19-22(27(35)36)18-24-21(23-9-13-30-34(23)25-8-6-7-17-38-25)12-16-33(24)26(19)31(5)20-10-14-32(15-11-20)28(37)39-29(2,3)4/h9,12-13,16,18,20,25H,6-8,10-11,14-15,17H2,1-5H3,(H,35,36). The first kappa shape index (κ1) is 27.1. The van der Waals surface area contributed by atoms with Crippen molar-refractivity contribution in [2.45, 2.75) is 77.7 Å². The zero-order valence-corrected chi connectivity index (χ0v) is 23.5. The van der Waals surface area contributed by atoms with E-state index in [-0.39, 0.29) is 23.9 Å². The number of carboxylic acids is 1. The molecule has 5 heterocycles. The van der Waals surface area contributed by atoms with Crippen LogP contribution in [0.1, 0.15) is 75.0 Å². The number of nitrogens with zero attached hydrogens (tertiary/aromatic N) is 5. The van der Waals surface area contributed by atoms with Gasteiger partial charge in [0.25, 0.3) is 0 Å². The van der Waals surface area contributed by atoms with E-state index in [0.717, 1.165) is 54.7 Å². The first-order valence-electron chi connectivity index (χ1n) is 13.8. The average molecular weight is 538 g/mol. The number of likely N-dealkylation sites (tertiary alicyclic amines) is 1. The highest BCUT2D eigenvalue weighted by molar-refractivity contribution is 5.95.